The molecule has 190 valence electrons. The highest BCUT2D eigenvalue weighted by Crippen LogP contribution is 2.27. The van der Waals surface area contributed by atoms with Crippen molar-refractivity contribution in [3.8, 4) is 17.1 Å². The number of esters is 1. The van der Waals surface area contributed by atoms with Gasteiger partial charge in [-0.05, 0) is 53.7 Å². The van der Waals surface area contributed by atoms with E-state index in [9.17, 15) is 18.0 Å². The van der Waals surface area contributed by atoms with Gasteiger partial charge in [0.15, 0.2) is 0 Å². The standard InChI is InChI=1S/C24H22N6O6S/c1-35-21-10-6-5-9-20(21)25-22(31)15-30-27-23(26-29-30)18-7-3-4-8-19(18)28-37(33,34)17-13-11-16(12-14-17)24(32)36-2/h3-14,28H,15H2,1-2H3,(H,25,31). The quantitative estimate of drug-likeness (QED) is 0.316. The van der Waals surface area contributed by atoms with Crippen molar-refractivity contribution < 1.29 is 27.5 Å². The summed E-state index contributed by atoms with van der Waals surface area (Å²) in [6.07, 6.45) is 0. The number of tetrazole rings is 1. The van der Waals surface area contributed by atoms with E-state index >= 15 is 0 Å². The molecule has 0 aliphatic carbocycles. The van der Waals surface area contributed by atoms with Crippen molar-refractivity contribution in [2.24, 2.45) is 0 Å². The van der Waals surface area contributed by atoms with Crippen LogP contribution in [0, 0.1) is 0 Å². The second-order valence-corrected chi connectivity index (χ2v) is 9.24. The van der Waals surface area contributed by atoms with Crippen LogP contribution in [0.3, 0.4) is 0 Å². The Hall–Kier alpha value is -4.78. The monoisotopic (exact) mass is 522 g/mol. The smallest absolute Gasteiger partial charge is 0.337 e. The van der Waals surface area contributed by atoms with Gasteiger partial charge < -0.3 is 14.8 Å². The summed E-state index contributed by atoms with van der Waals surface area (Å²) in [7, 11) is -1.27. The SMILES string of the molecule is COC(=O)c1ccc(S(=O)(=O)Nc2ccccc2-c2nnn(CC(=O)Nc3ccccc3OC)n2)cc1. The summed E-state index contributed by atoms with van der Waals surface area (Å²) in [4.78, 5) is 25.1. The van der Waals surface area contributed by atoms with Crippen LogP contribution in [0.25, 0.3) is 11.4 Å². The predicted molar refractivity (Wildman–Crippen MR) is 133 cm³/mol. The van der Waals surface area contributed by atoms with E-state index in [1.165, 1.54) is 38.5 Å². The number of nitrogens with zero attached hydrogens (tertiary/aromatic N) is 4. The molecule has 1 amide bonds. The van der Waals surface area contributed by atoms with Crippen LogP contribution >= 0.6 is 0 Å². The number of hydrogen-bond donors (Lipinski definition) is 2. The number of aromatic nitrogens is 4. The fourth-order valence-corrected chi connectivity index (χ4v) is 4.42. The number of sulfonamides is 1. The minimum absolute atomic E-state index is 0.0559. The van der Waals surface area contributed by atoms with Gasteiger partial charge in [0.2, 0.25) is 11.7 Å². The van der Waals surface area contributed by atoms with Crippen molar-refractivity contribution in [2.45, 2.75) is 11.4 Å². The normalized spacial score (nSPS) is 11.0. The zero-order chi connectivity index (χ0) is 26.4. The van der Waals surface area contributed by atoms with E-state index in [4.69, 9.17) is 4.74 Å². The molecule has 1 heterocycles. The van der Waals surface area contributed by atoms with E-state index in [2.05, 4.69) is 30.2 Å². The molecule has 0 atom stereocenters. The minimum atomic E-state index is -4.01. The van der Waals surface area contributed by atoms with E-state index in [-0.39, 0.29) is 28.5 Å². The predicted octanol–water partition coefficient (Wildman–Crippen LogP) is 2.57. The number of ether oxygens (including phenoxy) is 2. The molecule has 0 unspecified atom stereocenters. The average Bonchev–Trinajstić information content (AvgIpc) is 3.36. The number of hydrogen-bond acceptors (Lipinski definition) is 9. The Labute approximate surface area is 212 Å². The summed E-state index contributed by atoms with van der Waals surface area (Å²) in [5.74, 6) is -0.362. The molecule has 13 heteroatoms. The Morgan fingerprint density at radius 3 is 2.30 bits per heavy atom. The number of nitrogens with one attached hydrogen (secondary N) is 2. The third kappa shape index (κ3) is 5.90. The van der Waals surface area contributed by atoms with Crippen molar-refractivity contribution in [1.82, 2.24) is 20.2 Å². The molecule has 0 spiro atoms. The second kappa shape index (κ2) is 10.9. The third-order valence-corrected chi connectivity index (χ3v) is 6.50. The summed E-state index contributed by atoms with van der Waals surface area (Å²) in [5, 5.41) is 14.8. The lowest BCUT2D eigenvalue weighted by Gasteiger charge is -2.11. The average molecular weight is 523 g/mol. The molecule has 12 nitrogen and oxygen atoms in total. The number of methoxy groups -OCH3 is 2. The fourth-order valence-electron chi connectivity index (χ4n) is 3.34. The van der Waals surface area contributed by atoms with E-state index in [0.29, 0.717) is 17.0 Å². The van der Waals surface area contributed by atoms with Gasteiger partial charge in [-0.15, -0.1) is 10.2 Å². The number of amides is 1. The van der Waals surface area contributed by atoms with Gasteiger partial charge in [-0.1, -0.05) is 24.3 Å². The van der Waals surface area contributed by atoms with Crippen molar-refractivity contribution in [1.29, 1.82) is 0 Å². The molecule has 3 aromatic carbocycles. The Morgan fingerprint density at radius 2 is 1.59 bits per heavy atom. The highest BCUT2D eigenvalue weighted by atomic mass is 32.2. The molecule has 0 bridgehead atoms. The third-order valence-electron chi connectivity index (χ3n) is 5.12. The lowest BCUT2D eigenvalue weighted by atomic mass is 10.2. The van der Waals surface area contributed by atoms with Crippen LogP contribution in [0.2, 0.25) is 0 Å². The van der Waals surface area contributed by atoms with E-state index in [1.54, 1.807) is 48.5 Å². The molecular weight excluding hydrogens is 500 g/mol. The Balaban J connectivity index is 1.50. The Morgan fingerprint density at radius 1 is 0.919 bits per heavy atom. The van der Waals surface area contributed by atoms with Gasteiger partial charge in [-0.3, -0.25) is 9.52 Å². The summed E-state index contributed by atoms with van der Waals surface area (Å²) >= 11 is 0. The highest BCUT2D eigenvalue weighted by Gasteiger charge is 2.19. The van der Waals surface area contributed by atoms with Gasteiger partial charge in [0, 0.05) is 5.56 Å². The van der Waals surface area contributed by atoms with Crippen LogP contribution in [0.1, 0.15) is 10.4 Å². The van der Waals surface area contributed by atoms with Gasteiger partial charge in [0.1, 0.15) is 12.3 Å². The van der Waals surface area contributed by atoms with Crippen molar-refractivity contribution in [2.75, 3.05) is 24.3 Å². The first-order chi connectivity index (χ1) is 17.8. The van der Waals surface area contributed by atoms with Gasteiger partial charge in [-0.2, -0.15) is 4.80 Å². The van der Waals surface area contributed by atoms with Crippen LogP contribution in [0.5, 0.6) is 5.75 Å². The number of carbonyl (C=O) groups excluding carboxylic acids is 2. The molecule has 2 N–H and O–H groups in total. The molecule has 0 fully saturated rings. The molecule has 0 saturated carbocycles. The fraction of sp³-hybridized carbons (Fsp3) is 0.125. The molecule has 0 aliphatic rings. The van der Waals surface area contributed by atoms with Gasteiger partial charge in [0.05, 0.1) is 36.1 Å². The number of carbonyl (C=O) groups is 2. The Kier molecular flexibility index (Phi) is 7.44. The van der Waals surface area contributed by atoms with Crippen LogP contribution < -0.4 is 14.8 Å². The van der Waals surface area contributed by atoms with Gasteiger partial charge in [0.25, 0.3) is 10.0 Å². The minimum Gasteiger partial charge on any atom is -0.495 e. The number of para-hydroxylation sites is 3. The summed E-state index contributed by atoms with van der Waals surface area (Å²) < 4.78 is 38.3. The van der Waals surface area contributed by atoms with Crippen LogP contribution in [0.4, 0.5) is 11.4 Å². The Bertz CT molecular complexity index is 1540. The second-order valence-electron chi connectivity index (χ2n) is 7.56. The van der Waals surface area contributed by atoms with Gasteiger partial charge in [-0.25, -0.2) is 13.2 Å². The van der Waals surface area contributed by atoms with Crippen LogP contribution in [-0.4, -0.2) is 54.7 Å². The molecule has 0 saturated heterocycles. The van der Waals surface area contributed by atoms with Crippen LogP contribution in [0.15, 0.2) is 77.7 Å². The molecular formula is C24H22N6O6S. The van der Waals surface area contributed by atoms with E-state index in [1.807, 2.05) is 0 Å². The molecule has 37 heavy (non-hydrogen) atoms. The topological polar surface area (TPSA) is 154 Å². The number of anilines is 2. The number of benzene rings is 3. The van der Waals surface area contributed by atoms with Crippen LogP contribution in [-0.2, 0) is 26.1 Å². The largest absolute Gasteiger partial charge is 0.495 e. The highest BCUT2D eigenvalue weighted by molar-refractivity contribution is 7.92. The zero-order valence-corrected chi connectivity index (χ0v) is 20.6. The van der Waals surface area contributed by atoms with Crippen molar-refractivity contribution in [3.63, 3.8) is 0 Å². The summed E-state index contributed by atoms with van der Waals surface area (Å²) in [6.45, 7) is -0.231. The first-order valence-corrected chi connectivity index (χ1v) is 12.3. The molecule has 0 radical (unpaired) electrons. The van der Waals surface area contributed by atoms with Crippen molar-refractivity contribution >= 4 is 33.3 Å². The number of rotatable bonds is 9. The zero-order valence-electron chi connectivity index (χ0n) is 19.8. The van der Waals surface area contributed by atoms with Gasteiger partial charge >= 0.3 is 5.97 Å². The maximum atomic E-state index is 13.0. The van der Waals surface area contributed by atoms with Crippen molar-refractivity contribution in [3.05, 3.63) is 78.4 Å². The summed E-state index contributed by atoms with van der Waals surface area (Å²) in [6, 6.07) is 18.8. The molecule has 4 aromatic rings. The lowest BCUT2D eigenvalue weighted by Crippen LogP contribution is -2.20. The summed E-state index contributed by atoms with van der Waals surface area (Å²) in [5.41, 5.74) is 1.28. The van der Waals surface area contributed by atoms with E-state index < -0.39 is 21.9 Å². The molecule has 0 aliphatic heterocycles. The first-order valence-electron chi connectivity index (χ1n) is 10.8. The first kappa shape index (κ1) is 25.3. The maximum Gasteiger partial charge on any atom is 0.337 e. The maximum absolute atomic E-state index is 13.0. The van der Waals surface area contributed by atoms with E-state index in [0.717, 1.165) is 4.80 Å². The lowest BCUT2D eigenvalue weighted by molar-refractivity contribution is -0.117. The molecule has 1 aromatic heterocycles. The molecule has 4 rings (SSSR count).